The molecule has 0 aromatic rings. The van der Waals surface area contributed by atoms with Gasteiger partial charge in [0.05, 0.1) is 18.0 Å². The Bertz CT molecular complexity index is 294. The summed E-state index contributed by atoms with van der Waals surface area (Å²) in [6.07, 6.45) is 4.89. The van der Waals surface area contributed by atoms with Crippen LogP contribution in [0.2, 0.25) is 0 Å². The van der Waals surface area contributed by atoms with Gasteiger partial charge in [0.25, 0.3) is 0 Å². The van der Waals surface area contributed by atoms with Gasteiger partial charge in [0, 0.05) is 12.3 Å². The van der Waals surface area contributed by atoms with Gasteiger partial charge in [0.15, 0.2) is 9.84 Å². The molecule has 1 aliphatic rings. The summed E-state index contributed by atoms with van der Waals surface area (Å²) in [7, 11) is -2.92. The van der Waals surface area contributed by atoms with Crippen LogP contribution in [0.3, 0.4) is 0 Å². The highest BCUT2D eigenvalue weighted by Gasteiger charge is 2.33. The lowest BCUT2D eigenvalue weighted by Crippen LogP contribution is -2.39. The Kier molecular flexibility index (Phi) is 5.21. The van der Waals surface area contributed by atoms with Crippen molar-refractivity contribution in [2.75, 3.05) is 24.7 Å². The molecule has 16 heavy (non-hydrogen) atoms. The number of sulfone groups is 1. The van der Waals surface area contributed by atoms with Gasteiger partial charge >= 0.3 is 0 Å². The zero-order valence-electron chi connectivity index (χ0n) is 10.1. The second kappa shape index (κ2) is 5.98. The largest absolute Gasteiger partial charge is 0.373 e. The van der Waals surface area contributed by atoms with Crippen LogP contribution < -0.4 is 5.73 Å². The zero-order valence-corrected chi connectivity index (χ0v) is 10.9. The molecule has 1 rings (SSSR count). The van der Waals surface area contributed by atoms with Crippen LogP contribution in [0.25, 0.3) is 0 Å². The molecule has 0 spiro atoms. The molecule has 0 atom stereocenters. The van der Waals surface area contributed by atoms with Gasteiger partial charge in [-0.25, -0.2) is 8.42 Å². The quantitative estimate of drug-likeness (QED) is 0.733. The molecule has 4 nitrogen and oxygen atoms in total. The van der Waals surface area contributed by atoms with Crippen LogP contribution >= 0.6 is 0 Å². The van der Waals surface area contributed by atoms with Gasteiger partial charge < -0.3 is 10.5 Å². The fourth-order valence-electron chi connectivity index (χ4n) is 2.22. The van der Waals surface area contributed by atoms with Gasteiger partial charge in [-0.1, -0.05) is 19.8 Å². The van der Waals surface area contributed by atoms with E-state index in [1.54, 1.807) is 0 Å². The molecule has 0 amide bonds. The highest BCUT2D eigenvalue weighted by molar-refractivity contribution is 7.91. The molecule has 1 aliphatic carbocycles. The zero-order chi connectivity index (χ0) is 12.1. The highest BCUT2D eigenvalue weighted by Crippen LogP contribution is 2.32. The van der Waals surface area contributed by atoms with Crippen molar-refractivity contribution in [1.82, 2.24) is 0 Å². The number of hydrogen-bond acceptors (Lipinski definition) is 4. The first-order valence-corrected chi connectivity index (χ1v) is 7.90. The molecule has 0 heterocycles. The first-order chi connectivity index (χ1) is 7.54. The topological polar surface area (TPSA) is 69.4 Å². The van der Waals surface area contributed by atoms with E-state index in [9.17, 15) is 8.42 Å². The summed E-state index contributed by atoms with van der Waals surface area (Å²) in [5, 5.41) is 0. The lowest BCUT2D eigenvalue weighted by atomic mass is 10.0. The van der Waals surface area contributed by atoms with E-state index in [4.69, 9.17) is 10.5 Å². The van der Waals surface area contributed by atoms with Gasteiger partial charge in [-0.05, 0) is 19.3 Å². The third kappa shape index (κ3) is 4.03. The van der Waals surface area contributed by atoms with Crippen molar-refractivity contribution in [3.05, 3.63) is 0 Å². The first-order valence-electron chi connectivity index (χ1n) is 6.08. The Balaban J connectivity index is 2.34. The maximum absolute atomic E-state index is 11.5. The molecule has 0 unspecified atom stereocenters. The molecule has 0 aromatic heterocycles. The standard InChI is InChI=1S/C11H23NO3S/c1-2-8-16(13,14)9-7-15-11(10-12)5-3-4-6-11/h2-10,12H2,1H3. The van der Waals surface area contributed by atoms with Gasteiger partial charge in [-0.3, -0.25) is 0 Å². The van der Waals surface area contributed by atoms with Crippen molar-refractivity contribution in [1.29, 1.82) is 0 Å². The number of hydrogen-bond donors (Lipinski definition) is 1. The van der Waals surface area contributed by atoms with Crippen molar-refractivity contribution >= 4 is 9.84 Å². The first kappa shape index (κ1) is 13.9. The molecule has 0 aliphatic heterocycles. The molecule has 0 radical (unpaired) electrons. The lowest BCUT2D eigenvalue weighted by molar-refractivity contribution is -0.0255. The maximum Gasteiger partial charge on any atom is 0.152 e. The average molecular weight is 249 g/mol. The summed E-state index contributed by atoms with van der Waals surface area (Å²) in [5.74, 6) is 0.384. The summed E-state index contributed by atoms with van der Waals surface area (Å²) in [5.41, 5.74) is 5.47. The second-order valence-electron chi connectivity index (χ2n) is 4.59. The molecule has 2 N–H and O–H groups in total. The molecular formula is C11H23NO3S. The van der Waals surface area contributed by atoms with E-state index in [-0.39, 0.29) is 17.1 Å². The van der Waals surface area contributed by atoms with Gasteiger partial charge in [0.2, 0.25) is 0 Å². The molecule has 0 bridgehead atoms. The van der Waals surface area contributed by atoms with Gasteiger partial charge in [0.1, 0.15) is 0 Å². The van der Waals surface area contributed by atoms with E-state index in [0.29, 0.717) is 19.6 Å². The van der Waals surface area contributed by atoms with E-state index in [2.05, 4.69) is 0 Å². The fourth-order valence-corrected chi connectivity index (χ4v) is 3.39. The summed E-state index contributed by atoms with van der Waals surface area (Å²) in [4.78, 5) is 0. The van der Waals surface area contributed by atoms with Crippen LogP contribution in [-0.4, -0.2) is 38.7 Å². The van der Waals surface area contributed by atoms with Crippen LogP contribution in [0.5, 0.6) is 0 Å². The van der Waals surface area contributed by atoms with E-state index in [1.165, 1.54) is 0 Å². The van der Waals surface area contributed by atoms with E-state index < -0.39 is 9.84 Å². The minimum absolute atomic E-state index is 0.128. The summed E-state index contributed by atoms with van der Waals surface area (Å²) >= 11 is 0. The molecular weight excluding hydrogens is 226 g/mol. The molecule has 1 saturated carbocycles. The Hall–Kier alpha value is -0.130. The van der Waals surface area contributed by atoms with E-state index in [0.717, 1.165) is 25.7 Å². The summed E-state index contributed by atoms with van der Waals surface area (Å²) in [6, 6.07) is 0. The minimum Gasteiger partial charge on any atom is -0.373 e. The molecule has 0 saturated heterocycles. The molecule has 5 heteroatoms. The van der Waals surface area contributed by atoms with Crippen molar-refractivity contribution in [3.63, 3.8) is 0 Å². The average Bonchev–Trinajstić information content (AvgIpc) is 2.67. The number of rotatable bonds is 7. The number of ether oxygens (including phenoxy) is 1. The third-order valence-electron chi connectivity index (χ3n) is 3.20. The predicted octanol–water partition coefficient (Wildman–Crippen LogP) is 1.10. The van der Waals surface area contributed by atoms with Crippen LogP contribution in [0.1, 0.15) is 39.0 Å². The monoisotopic (exact) mass is 249 g/mol. The van der Waals surface area contributed by atoms with E-state index in [1.807, 2.05) is 6.92 Å². The summed E-state index contributed by atoms with van der Waals surface area (Å²) < 4.78 is 28.7. The van der Waals surface area contributed by atoms with Gasteiger partial charge in [-0.2, -0.15) is 0 Å². The van der Waals surface area contributed by atoms with Crippen molar-refractivity contribution < 1.29 is 13.2 Å². The predicted molar refractivity (Wildman–Crippen MR) is 65.2 cm³/mol. The van der Waals surface area contributed by atoms with E-state index >= 15 is 0 Å². The maximum atomic E-state index is 11.5. The van der Waals surface area contributed by atoms with Crippen LogP contribution in [-0.2, 0) is 14.6 Å². The smallest absolute Gasteiger partial charge is 0.152 e. The fraction of sp³-hybridized carbons (Fsp3) is 1.00. The normalized spacial score (nSPS) is 20.1. The number of nitrogens with two attached hydrogens (primary N) is 1. The third-order valence-corrected chi connectivity index (χ3v) is 5.02. The minimum atomic E-state index is -2.92. The Morgan fingerprint density at radius 2 is 1.88 bits per heavy atom. The SMILES string of the molecule is CCCS(=O)(=O)CCOC1(CN)CCCC1. The van der Waals surface area contributed by atoms with Crippen LogP contribution in [0, 0.1) is 0 Å². The van der Waals surface area contributed by atoms with Crippen LogP contribution in [0.4, 0.5) is 0 Å². The lowest BCUT2D eigenvalue weighted by Gasteiger charge is -2.27. The Morgan fingerprint density at radius 1 is 1.25 bits per heavy atom. The molecule has 0 aromatic carbocycles. The molecule has 1 fully saturated rings. The van der Waals surface area contributed by atoms with Crippen molar-refractivity contribution in [3.8, 4) is 0 Å². The van der Waals surface area contributed by atoms with Crippen molar-refractivity contribution in [2.45, 2.75) is 44.6 Å². The van der Waals surface area contributed by atoms with Crippen LogP contribution in [0.15, 0.2) is 0 Å². The Labute approximate surface area is 98.5 Å². The van der Waals surface area contributed by atoms with Gasteiger partial charge in [-0.15, -0.1) is 0 Å². The molecule has 96 valence electrons. The summed E-state index contributed by atoms with van der Waals surface area (Å²) in [6.45, 7) is 2.66. The second-order valence-corrected chi connectivity index (χ2v) is 6.90. The highest BCUT2D eigenvalue weighted by atomic mass is 32.2. The van der Waals surface area contributed by atoms with Crippen molar-refractivity contribution in [2.24, 2.45) is 5.73 Å². The Morgan fingerprint density at radius 3 is 2.38 bits per heavy atom.